The van der Waals surface area contributed by atoms with Gasteiger partial charge in [-0.05, 0) is 26.8 Å². The lowest BCUT2D eigenvalue weighted by Crippen LogP contribution is -2.44. The summed E-state index contributed by atoms with van der Waals surface area (Å²) < 4.78 is 11.5. The maximum absolute atomic E-state index is 6.23. The van der Waals surface area contributed by atoms with E-state index in [9.17, 15) is 0 Å². The standard InChI is InChI=1S/C14H21NO2/c1-4-16-9-14(3)8-12(15)11-7-10(2)5-6-13(11)17-14/h5-7,12H,4,8-9,15H2,1-3H3/t12-,14?/m1/s1. The largest absolute Gasteiger partial charge is 0.485 e. The molecule has 94 valence electrons. The number of fused-ring (bicyclic) bond motifs is 1. The van der Waals surface area contributed by atoms with Crippen LogP contribution in [0.1, 0.15) is 37.4 Å². The molecule has 3 heteroatoms. The van der Waals surface area contributed by atoms with Crippen molar-refractivity contribution in [1.82, 2.24) is 0 Å². The molecule has 2 N–H and O–H groups in total. The number of ether oxygens (including phenoxy) is 2. The third-order valence-electron chi connectivity index (χ3n) is 3.18. The van der Waals surface area contributed by atoms with Gasteiger partial charge < -0.3 is 15.2 Å². The summed E-state index contributed by atoms with van der Waals surface area (Å²) in [4.78, 5) is 0. The average molecular weight is 235 g/mol. The predicted molar refractivity (Wildman–Crippen MR) is 68.3 cm³/mol. The second-order valence-corrected chi connectivity index (χ2v) is 5.04. The zero-order chi connectivity index (χ0) is 12.5. The van der Waals surface area contributed by atoms with Crippen LogP contribution in [0.3, 0.4) is 0 Å². The zero-order valence-corrected chi connectivity index (χ0v) is 10.8. The molecule has 0 spiro atoms. The molecular formula is C14H21NO2. The maximum atomic E-state index is 6.23. The van der Waals surface area contributed by atoms with Gasteiger partial charge in [-0.1, -0.05) is 17.7 Å². The van der Waals surface area contributed by atoms with Crippen LogP contribution >= 0.6 is 0 Å². The monoisotopic (exact) mass is 235 g/mol. The molecule has 0 radical (unpaired) electrons. The Bertz CT molecular complexity index is 405. The fourth-order valence-corrected chi connectivity index (χ4v) is 2.34. The van der Waals surface area contributed by atoms with Gasteiger partial charge in [-0.15, -0.1) is 0 Å². The van der Waals surface area contributed by atoms with Crippen molar-refractivity contribution in [2.45, 2.75) is 38.8 Å². The molecule has 1 unspecified atom stereocenters. The second kappa shape index (κ2) is 4.67. The van der Waals surface area contributed by atoms with E-state index in [2.05, 4.69) is 26.0 Å². The molecule has 0 fully saturated rings. The van der Waals surface area contributed by atoms with Gasteiger partial charge in [-0.25, -0.2) is 0 Å². The molecule has 0 saturated heterocycles. The van der Waals surface area contributed by atoms with Crippen LogP contribution in [0.5, 0.6) is 5.75 Å². The highest BCUT2D eigenvalue weighted by Gasteiger charge is 2.36. The Labute approximate surface area is 103 Å². The number of rotatable bonds is 3. The van der Waals surface area contributed by atoms with Crippen molar-refractivity contribution in [2.24, 2.45) is 5.73 Å². The number of nitrogens with two attached hydrogens (primary N) is 1. The quantitative estimate of drug-likeness (QED) is 0.875. The van der Waals surface area contributed by atoms with E-state index in [-0.39, 0.29) is 11.6 Å². The summed E-state index contributed by atoms with van der Waals surface area (Å²) in [6.45, 7) is 7.41. The Kier molecular flexibility index (Phi) is 3.40. The molecule has 1 aliphatic heterocycles. The molecule has 2 atom stereocenters. The lowest BCUT2D eigenvalue weighted by atomic mass is 9.89. The summed E-state index contributed by atoms with van der Waals surface area (Å²) in [5.74, 6) is 0.900. The first kappa shape index (κ1) is 12.4. The van der Waals surface area contributed by atoms with Gasteiger partial charge in [-0.2, -0.15) is 0 Å². The summed E-state index contributed by atoms with van der Waals surface area (Å²) in [6, 6.07) is 6.20. The molecule has 2 rings (SSSR count). The van der Waals surface area contributed by atoms with E-state index < -0.39 is 0 Å². The highest BCUT2D eigenvalue weighted by molar-refractivity contribution is 5.41. The first-order chi connectivity index (χ1) is 8.04. The molecular weight excluding hydrogens is 214 g/mol. The molecule has 0 amide bonds. The minimum atomic E-state index is -0.308. The van der Waals surface area contributed by atoms with Crippen molar-refractivity contribution in [3.8, 4) is 5.75 Å². The molecule has 3 nitrogen and oxygen atoms in total. The normalized spacial score (nSPS) is 27.4. The summed E-state index contributed by atoms with van der Waals surface area (Å²) in [5, 5.41) is 0. The van der Waals surface area contributed by atoms with Crippen LogP contribution in [0.4, 0.5) is 0 Å². The van der Waals surface area contributed by atoms with E-state index in [1.165, 1.54) is 5.56 Å². The van der Waals surface area contributed by atoms with Gasteiger partial charge >= 0.3 is 0 Å². The highest BCUT2D eigenvalue weighted by Crippen LogP contribution is 2.38. The first-order valence-corrected chi connectivity index (χ1v) is 6.17. The van der Waals surface area contributed by atoms with Gasteiger partial charge in [0.2, 0.25) is 0 Å². The summed E-state index contributed by atoms with van der Waals surface area (Å²) in [6.07, 6.45) is 0.795. The van der Waals surface area contributed by atoms with Crippen LogP contribution in [0.25, 0.3) is 0 Å². The third-order valence-corrected chi connectivity index (χ3v) is 3.18. The molecule has 1 aromatic rings. The van der Waals surface area contributed by atoms with Gasteiger partial charge in [0.25, 0.3) is 0 Å². The van der Waals surface area contributed by atoms with Crippen molar-refractivity contribution in [3.05, 3.63) is 29.3 Å². The van der Waals surface area contributed by atoms with E-state index in [0.717, 1.165) is 17.7 Å². The van der Waals surface area contributed by atoms with E-state index >= 15 is 0 Å². The first-order valence-electron chi connectivity index (χ1n) is 6.17. The van der Waals surface area contributed by atoms with Crippen molar-refractivity contribution in [1.29, 1.82) is 0 Å². The Morgan fingerprint density at radius 2 is 2.29 bits per heavy atom. The van der Waals surface area contributed by atoms with Crippen LogP contribution in [0.15, 0.2) is 18.2 Å². The minimum absolute atomic E-state index is 0.0316. The minimum Gasteiger partial charge on any atom is -0.485 e. The molecule has 1 heterocycles. The fraction of sp³-hybridized carbons (Fsp3) is 0.571. The predicted octanol–water partition coefficient (Wildman–Crippen LogP) is 2.57. The summed E-state index contributed by atoms with van der Waals surface area (Å²) in [7, 11) is 0. The summed E-state index contributed by atoms with van der Waals surface area (Å²) in [5.41, 5.74) is 8.25. The van der Waals surface area contributed by atoms with Crippen LogP contribution in [-0.2, 0) is 4.74 Å². The maximum Gasteiger partial charge on any atom is 0.131 e. The van der Waals surface area contributed by atoms with Gasteiger partial charge in [0.1, 0.15) is 11.4 Å². The Balaban J connectivity index is 2.23. The fourth-order valence-electron chi connectivity index (χ4n) is 2.34. The van der Waals surface area contributed by atoms with Crippen molar-refractivity contribution in [2.75, 3.05) is 13.2 Å². The van der Waals surface area contributed by atoms with Crippen LogP contribution in [0.2, 0.25) is 0 Å². The number of hydrogen-bond donors (Lipinski definition) is 1. The lowest BCUT2D eigenvalue weighted by Gasteiger charge is -2.38. The van der Waals surface area contributed by atoms with Gasteiger partial charge in [0, 0.05) is 24.6 Å². The topological polar surface area (TPSA) is 44.5 Å². The van der Waals surface area contributed by atoms with Crippen LogP contribution in [0, 0.1) is 6.92 Å². The van der Waals surface area contributed by atoms with Gasteiger partial charge in [-0.3, -0.25) is 0 Å². The molecule has 1 aromatic carbocycles. The number of benzene rings is 1. The lowest BCUT2D eigenvalue weighted by molar-refractivity contribution is -0.0302. The van der Waals surface area contributed by atoms with E-state index in [1.54, 1.807) is 0 Å². The van der Waals surface area contributed by atoms with E-state index in [0.29, 0.717) is 13.2 Å². The number of hydrogen-bond acceptors (Lipinski definition) is 3. The third kappa shape index (κ3) is 2.61. The average Bonchev–Trinajstić information content (AvgIpc) is 2.28. The van der Waals surface area contributed by atoms with Crippen molar-refractivity contribution < 1.29 is 9.47 Å². The van der Waals surface area contributed by atoms with Crippen LogP contribution in [-0.4, -0.2) is 18.8 Å². The van der Waals surface area contributed by atoms with E-state index in [1.807, 2.05) is 13.0 Å². The Morgan fingerprint density at radius 3 is 3.00 bits per heavy atom. The second-order valence-electron chi connectivity index (χ2n) is 5.04. The molecule has 0 aliphatic carbocycles. The van der Waals surface area contributed by atoms with Crippen LogP contribution < -0.4 is 10.5 Å². The van der Waals surface area contributed by atoms with Gasteiger partial charge in [0.15, 0.2) is 0 Å². The molecule has 0 saturated carbocycles. The SMILES string of the molecule is CCOCC1(C)C[C@@H](N)c2cc(C)ccc2O1. The van der Waals surface area contributed by atoms with Gasteiger partial charge in [0.05, 0.1) is 6.61 Å². The molecule has 0 bridgehead atoms. The van der Waals surface area contributed by atoms with Crippen molar-refractivity contribution >= 4 is 0 Å². The molecule has 0 aromatic heterocycles. The Hall–Kier alpha value is -1.06. The number of aryl methyl sites for hydroxylation is 1. The van der Waals surface area contributed by atoms with E-state index in [4.69, 9.17) is 15.2 Å². The van der Waals surface area contributed by atoms with Crippen molar-refractivity contribution in [3.63, 3.8) is 0 Å². The smallest absolute Gasteiger partial charge is 0.131 e. The Morgan fingerprint density at radius 1 is 1.53 bits per heavy atom. The highest BCUT2D eigenvalue weighted by atomic mass is 16.5. The summed E-state index contributed by atoms with van der Waals surface area (Å²) >= 11 is 0. The molecule has 1 aliphatic rings. The molecule has 17 heavy (non-hydrogen) atoms. The zero-order valence-electron chi connectivity index (χ0n) is 10.8.